The fourth-order valence-corrected chi connectivity index (χ4v) is 1.80. The van der Waals surface area contributed by atoms with Crippen LogP contribution in [0.3, 0.4) is 0 Å². The van der Waals surface area contributed by atoms with Crippen LogP contribution >= 0.6 is 0 Å². The predicted octanol–water partition coefficient (Wildman–Crippen LogP) is 3.10. The van der Waals surface area contributed by atoms with Crippen LogP contribution < -0.4 is 10.1 Å². The highest BCUT2D eigenvalue weighted by Crippen LogP contribution is 2.20. The first-order valence-corrected chi connectivity index (χ1v) is 6.49. The third-order valence-corrected chi connectivity index (χ3v) is 2.80. The summed E-state index contributed by atoms with van der Waals surface area (Å²) in [6.07, 6.45) is 1.64. The molecule has 0 bridgehead atoms. The van der Waals surface area contributed by atoms with Gasteiger partial charge in [0.25, 0.3) is 0 Å². The lowest BCUT2D eigenvalue weighted by Crippen LogP contribution is -2.08. The van der Waals surface area contributed by atoms with Crippen LogP contribution in [0.1, 0.15) is 36.8 Å². The molecule has 2 rings (SSSR count). The lowest BCUT2D eigenvalue weighted by molar-refractivity contribution is 0.259. The van der Waals surface area contributed by atoms with E-state index in [4.69, 9.17) is 9.15 Å². The van der Waals surface area contributed by atoms with Crippen LogP contribution in [0.2, 0.25) is 0 Å². The monoisotopic (exact) mass is 260 g/mol. The van der Waals surface area contributed by atoms with E-state index in [0.29, 0.717) is 18.4 Å². The molecule has 102 valence electrons. The lowest BCUT2D eigenvalue weighted by Gasteiger charge is -2.11. The maximum Gasteiger partial charge on any atom is 0.214 e. The van der Waals surface area contributed by atoms with Gasteiger partial charge in [0.1, 0.15) is 12.4 Å². The van der Waals surface area contributed by atoms with E-state index in [-0.39, 0.29) is 0 Å². The highest BCUT2D eigenvalue weighted by atomic mass is 16.5. The Bertz CT molecular complexity index is 507. The highest BCUT2D eigenvalue weighted by molar-refractivity contribution is 5.26. The third kappa shape index (κ3) is 3.83. The van der Waals surface area contributed by atoms with Crippen molar-refractivity contribution in [2.75, 3.05) is 7.05 Å². The number of hydrogen-bond acceptors (Lipinski definition) is 4. The molecule has 19 heavy (non-hydrogen) atoms. The molecule has 0 radical (unpaired) electrons. The van der Waals surface area contributed by atoms with Crippen molar-refractivity contribution < 1.29 is 9.15 Å². The maximum atomic E-state index is 5.70. The molecular weight excluding hydrogens is 240 g/mol. The first kappa shape index (κ1) is 13.6. The molecule has 0 unspecified atom stereocenters. The Morgan fingerprint density at radius 1 is 1.37 bits per heavy atom. The molecule has 0 aliphatic heterocycles. The zero-order valence-electron chi connectivity index (χ0n) is 11.6. The van der Waals surface area contributed by atoms with Crippen molar-refractivity contribution in [1.82, 2.24) is 10.3 Å². The van der Waals surface area contributed by atoms with Gasteiger partial charge in [-0.05, 0) is 36.7 Å². The lowest BCUT2D eigenvalue weighted by atomic mass is 10.1. The minimum atomic E-state index is 0.378. The first-order chi connectivity index (χ1) is 9.19. The largest absolute Gasteiger partial charge is 0.469 e. The van der Waals surface area contributed by atoms with Crippen molar-refractivity contribution in [3.8, 4) is 5.88 Å². The third-order valence-electron chi connectivity index (χ3n) is 2.80. The Morgan fingerprint density at radius 3 is 2.84 bits per heavy atom. The normalized spacial score (nSPS) is 10.9. The SMILES string of the molecule is CNCc1cc(OCc2ccco2)nc(C(C)C)c1. The minimum Gasteiger partial charge on any atom is -0.469 e. The average Bonchev–Trinajstić information content (AvgIpc) is 2.89. The Balaban J connectivity index is 2.13. The van der Waals surface area contributed by atoms with Crippen LogP contribution in [0.4, 0.5) is 0 Å². The van der Waals surface area contributed by atoms with E-state index in [0.717, 1.165) is 18.0 Å². The van der Waals surface area contributed by atoms with Crippen LogP contribution in [0, 0.1) is 0 Å². The number of rotatable bonds is 6. The fraction of sp³-hybridized carbons (Fsp3) is 0.400. The van der Waals surface area contributed by atoms with Gasteiger partial charge in [-0.3, -0.25) is 0 Å². The molecule has 2 aromatic heterocycles. The predicted molar refractivity (Wildman–Crippen MR) is 74.1 cm³/mol. The quantitative estimate of drug-likeness (QED) is 0.867. The van der Waals surface area contributed by atoms with Crippen molar-refractivity contribution in [2.24, 2.45) is 0 Å². The highest BCUT2D eigenvalue weighted by Gasteiger charge is 2.07. The van der Waals surface area contributed by atoms with Crippen molar-refractivity contribution in [3.63, 3.8) is 0 Å². The molecule has 0 saturated carbocycles. The molecule has 0 aromatic carbocycles. The van der Waals surface area contributed by atoms with Gasteiger partial charge in [0.05, 0.1) is 6.26 Å². The van der Waals surface area contributed by atoms with Gasteiger partial charge in [-0.1, -0.05) is 13.8 Å². The zero-order valence-corrected chi connectivity index (χ0v) is 11.6. The Labute approximate surface area is 113 Å². The van der Waals surface area contributed by atoms with E-state index in [1.165, 1.54) is 5.56 Å². The van der Waals surface area contributed by atoms with Gasteiger partial charge in [-0.2, -0.15) is 0 Å². The van der Waals surface area contributed by atoms with Gasteiger partial charge in [-0.15, -0.1) is 0 Å². The number of ether oxygens (including phenoxy) is 1. The van der Waals surface area contributed by atoms with Gasteiger partial charge < -0.3 is 14.5 Å². The molecule has 4 nitrogen and oxygen atoms in total. The molecule has 0 aliphatic carbocycles. The van der Waals surface area contributed by atoms with Gasteiger partial charge >= 0.3 is 0 Å². The molecular formula is C15H20N2O2. The number of hydrogen-bond donors (Lipinski definition) is 1. The molecule has 0 aliphatic rings. The second-order valence-corrected chi connectivity index (χ2v) is 4.79. The number of nitrogens with one attached hydrogen (secondary N) is 1. The van der Waals surface area contributed by atoms with Gasteiger partial charge in [-0.25, -0.2) is 4.98 Å². The number of pyridine rings is 1. The molecule has 2 heterocycles. The number of nitrogens with zero attached hydrogens (tertiary/aromatic N) is 1. The van der Waals surface area contributed by atoms with E-state index in [9.17, 15) is 0 Å². The summed E-state index contributed by atoms with van der Waals surface area (Å²) in [5.41, 5.74) is 2.22. The Morgan fingerprint density at radius 2 is 2.21 bits per heavy atom. The molecule has 2 aromatic rings. The minimum absolute atomic E-state index is 0.378. The summed E-state index contributed by atoms with van der Waals surface area (Å²) in [5, 5.41) is 3.15. The molecule has 0 spiro atoms. The van der Waals surface area contributed by atoms with E-state index in [1.54, 1.807) is 6.26 Å². The van der Waals surface area contributed by atoms with Crippen molar-refractivity contribution >= 4 is 0 Å². The molecule has 0 fully saturated rings. The van der Waals surface area contributed by atoms with E-state index in [1.807, 2.05) is 25.2 Å². The van der Waals surface area contributed by atoms with E-state index in [2.05, 4.69) is 30.2 Å². The Hall–Kier alpha value is -1.81. The molecule has 4 heteroatoms. The number of furan rings is 1. The summed E-state index contributed by atoms with van der Waals surface area (Å²) in [6, 6.07) is 7.82. The van der Waals surface area contributed by atoms with Gasteiger partial charge in [0.2, 0.25) is 5.88 Å². The fourth-order valence-electron chi connectivity index (χ4n) is 1.80. The standard InChI is InChI=1S/C15H20N2O2/c1-11(2)14-7-12(9-16-3)8-15(17-14)19-10-13-5-4-6-18-13/h4-8,11,16H,9-10H2,1-3H3. The first-order valence-electron chi connectivity index (χ1n) is 6.49. The average molecular weight is 260 g/mol. The molecule has 0 atom stereocenters. The smallest absolute Gasteiger partial charge is 0.214 e. The van der Waals surface area contributed by atoms with Crippen molar-refractivity contribution in [3.05, 3.63) is 47.5 Å². The summed E-state index contributed by atoms with van der Waals surface area (Å²) in [5.74, 6) is 1.82. The van der Waals surface area contributed by atoms with E-state index >= 15 is 0 Å². The van der Waals surface area contributed by atoms with Crippen LogP contribution in [0.15, 0.2) is 34.9 Å². The Kier molecular flexibility index (Phi) is 4.58. The topological polar surface area (TPSA) is 47.3 Å². The summed E-state index contributed by atoms with van der Waals surface area (Å²) in [6.45, 7) is 5.46. The van der Waals surface area contributed by atoms with Crippen LogP contribution in [0.25, 0.3) is 0 Å². The summed E-state index contributed by atoms with van der Waals surface area (Å²) >= 11 is 0. The maximum absolute atomic E-state index is 5.70. The summed E-state index contributed by atoms with van der Waals surface area (Å²) in [7, 11) is 1.93. The zero-order chi connectivity index (χ0) is 13.7. The van der Waals surface area contributed by atoms with Gasteiger partial charge in [0.15, 0.2) is 0 Å². The van der Waals surface area contributed by atoms with Crippen LogP contribution in [0.5, 0.6) is 5.88 Å². The van der Waals surface area contributed by atoms with Gasteiger partial charge in [0, 0.05) is 18.3 Å². The summed E-state index contributed by atoms with van der Waals surface area (Å²) in [4.78, 5) is 4.52. The molecule has 0 saturated heterocycles. The van der Waals surface area contributed by atoms with E-state index < -0.39 is 0 Å². The van der Waals surface area contributed by atoms with Crippen LogP contribution in [-0.2, 0) is 13.2 Å². The second-order valence-electron chi connectivity index (χ2n) is 4.79. The summed E-state index contributed by atoms with van der Waals surface area (Å²) < 4.78 is 10.9. The number of aromatic nitrogens is 1. The van der Waals surface area contributed by atoms with Crippen molar-refractivity contribution in [1.29, 1.82) is 0 Å². The molecule has 1 N–H and O–H groups in total. The van der Waals surface area contributed by atoms with Crippen LogP contribution in [-0.4, -0.2) is 12.0 Å². The second kappa shape index (κ2) is 6.38. The van der Waals surface area contributed by atoms with Crippen molar-refractivity contribution in [2.45, 2.75) is 32.9 Å². The molecule has 0 amide bonds.